The summed E-state index contributed by atoms with van der Waals surface area (Å²) in [6.07, 6.45) is 4.33. The van der Waals surface area contributed by atoms with E-state index in [1.165, 1.54) is 49.3 Å². The molecule has 0 radical (unpaired) electrons. The van der Waals surface area contributed by atoms with E-state index in [1.54, 1.807) is 0 Å². The Morgan fingerprint density at radius 3 is 1.31 bits per heavy atom. The van der Waals surface area contributed by atoms with Crippen molar-refractivity contribution in [1.29, 1.82) is 10.5 Å². The summed E-state index contributed by atoms with van der Waals surface area (Å²) in [6, 6.07) is 16.3. The molecule has 7 rings (SSSR count). The lowest BCUT2D eigenvalue weighted by molar-refractivity contribution is 0.334. The fourth-order valence-electron chi connectivity index (χ4n) is 8.48. The number of fused-ring (bicyclic) bond motifs is 10. The molecule has 0 saturated carbocycles. The molecule has 3 aromatic carbocycles. The van der Waals surface area contributed by atoms with Gasteiger partial charge in [0.1, 0.15) is 0 Å². The largest absolute Gasteiger partial charge is 0.308 e. The lowest BCUT2D eigenvalue weighted by atomic mass is 9.61. The monoisotopic (exact) mass is 511 g/mol. The molecule has 0 spiro atoms. The highest BCUT2D eigenvalue weighted by atomic mass is 14.9. The van der Waals surface area contributed by atoms with Gasteiger partial charge in [-0.25, -0.2) is 0 Å². The van der Waals surface area contributed by atoms with E-state index < -0.39 is 0 Å². The van der Waals surface area contributed by atoms with Crippen LogP contribution < -0.4 is 0 Å². The molecule has 0 unspecified atom stereocenters. The number of rotatable bonds is 0. The fraction of sp³-hybridized carbons (Fsp3) is 0.444. The van der Waals surface area contributed by atoms with Crippen molar-refractivity contribution in [2.45, 2.75) is 103 Å². The smallest absolute Gasteiger partial charge is 0.0995 e. The van der Waals surface area contributed by atoms with Crippen molar-refractivity contribution in [3.8, 4) is 12.1 Å². The maximum atomic E-state index is 10.5. The van der Waals surface area contributed by atoms with Crippen molar-refractivity contribution in [1.82, 2.24) is 4.40 Å². The van der Waals surface area contributed by atoms with Crippen LogP contribution in [0.3, 0.4) is 0 Å². The van der Waals surface area contributed by atoms with Crippen molar-refractivity contribution < 1.29 is 0 Å². The maximum Gasteiger partial charge on any atom is 0.0995 e. The van der Waals surface area contributed by atoms with E-state index in [9.17, 15) is 10.5 Å². The summed E-state index contributed by atoms with van der Waals surface area (Å²) in [5, 5.41) is 26.1. The van der Waals surface area contributed by atoms with Crippen molar-refractivity contribution in [2.75, 3.05) is 0 Å². The molecule has 0 saturated heterocycles. The minimum absolute atomic E-state index is 0.0349. The number of hydrogen-bond acceptors (Lipinski definition) is 2. The maximum absolute atomic E-state index is 10.5. The van der Waals surface area contributed by atoms with Crippen LogP contribution in [0.15, 0.2) is 30.3 Å². The number of para-hydroxylation sites is 1. The summed E-state index contributed by atoms with van der Waals surface area (Å²) in [7, 11) is 0. The van der Waals surface area contributed by atoms with Crippen LogP contribution in [0.25, 0.3) is 38.1 Å². The van der Waals surface area contributed by atoms with Crippen LogP contribution in [0.1, 0.15) is 114 Å². The first-order valence-electron chi connectivity index (χ1n) is 14.4. The van der Waals surface area contributed by atoms with Crippen LogP contribution in [0, 0.1) is 22.7 Å². The van der Waals surface area contributed by atoms with E-state index in [-0.39, 0.29) is 21.7 Å². The molecular weight excluding hydrogens is 474 g/mol. The van der Waals surface area contributed by atoms with Crippen LogP contribution in [0.2, 0.25) is 0 Å². The quantitative estimate of drug-likeness (QED) is 0.208. The molecule has 2 aliphatic rings. The summed E-state index contributed by atoms with van der Waals surface area (Å²) < 4.78 is 2.40. The Hall–Kier alpha value is -3.56. The average Bonchev–Trinajstić information content (AvgIpc) is 3.39. The minimum Gasteiger partial charge on any atom is -0.308 e. The molecule has 39 heavy (non-hydrogen) atoms. The first-order chi connectivity index (χ1) is 18.2. The molecule has 0 amide bonds. The third kappa shape index (κ3) is 2.87. The van der Waals surface area contributed by atoms with Gasteiger partial charge in [-0.3, -0.25) is 0 Å². The van der Waals surface area contributed by atoms with Crippen molar-refractivity contribution in [3.63, 3.8) is 0 Å². The zero-order chi connectivity index (χ0) is 27.9. The van der Waals surface area contributed by atoms with Gasteiger partial charge < -0.3 is 4.40 Å². The molecule has 0 atom stereocenters. The van der Waals surface area contributed by atoms with Gasteiger partial charge in [0.2, 0.25) is 0 Å². The van der Waals surface area contributed by atoms with Gasteiger partial charge in [-0.15, -0.1) is 0 Å². The lowest BCUT2D eigenvalue weighted by Crippen LogP contribution is -2.35. The third-order valence-corrected chi connectivity index (χ3v) is 10.6. The summed E-state index contributed by atoms with van der Waals surface area (Å²) in [5.74, 6) is 0. The van der Waals surface area contributed by atoms with Crippen molar-refractivity contribution in [2.24, 2.45) is 0 Å². The van der Waals surface area contributed by atoms with E-state index in [0.717, 1.165) is 47.8 Å². The van der Waals surface area contributed by atoms with Gasteiger partial charge in [-0.05, 0) is 81.7 Å². The Kier molecular flexibility index (Phi) is 4.48. The normalized spacial score (nSPS) is 20.7. The van der Waals surface area contributed by atoms with E-state index in [4.69, 9.17) is 0 Å². The second kappa shape index (κ2) is 7.14. The predicted octanol–water partition coefficient (Wildman–Crippen LogP) is 9.28. The molecule has 0 aliphatic heterocycles. The number of nitrogens with zero attached hydrogens (tertiary/aromatic N) is 3. The lowest BCUT2D eigenvalue weighted by Gasteiger charge is -2.43. The first kappa shape index (κ1) is 24.5. The molecule has 2 aromatic heterocycles. The zero-order valence-corrected chi connectivity index (χ0v) is 24.6. The Labute approximate surface area is 231 Å². The molecule has 196 valence electrons. The molecule has 0 bridgehead atoms. The first-order valence-corrected chi connectivity index (χ1v) is 14.4. The van der Waals surface area contributed by atoms with Gasteiger partial charge in [-0.2, -0.15) is 10.5 Å². The molecule has 0 fully saturated rings. The second-order valence-electron chi connectivity index (χ2n) is 14.9. The molecule has 3 nitrogen and oxygen atoms in total. The number of aromatic nitrogens is 1. The Morgan fingerprint density at radius 1 is 0.590 bits per heavy atom. The van der Waals surface area contributed by atoms with Gasteiger partial charge in [-0.1, -0.05) is 73.6 Å². The summed E-state index contributed by atoms with van der Waals surface area (Å²) in [5.41, 5.74) is 10.00. The van der Waals surface area contributed by atoms with Crippen LogP contribution in [-0.2, 0) is 21.7 Å². The average molecular weight is 512 g/mol. The van der Waals surface area contributed by atoms with Crippen LogP contribution in [-0.4, -0.2) is 4.40 Å². The van der Waals surface area contributed by atoms with E-state index >= 15 is 0 Å². The number of benzene rings is 3. The number of nitriles is 2. The molecule has 5 aromatic rings. The van der Waals surface area contributed by atoms with Gasteiger partial charge >= 0.3 is 0 Å². The highest BCUT2D eigenvalue weighted by Gasteiger charge is 2.43. The highest BCUT2D eigenvalue weighted by molar-refractivity contribution is 6.25. The molecule has 2 aliphatic carbocycles. The predicted molar refractivity (Wildman–Crippen MR) is 161 cm³/mol. The van der Waals surface area contributed by atoms with Gasteiger partial charge in [0.25, 0.3) is 0 Å². The summed E-state index contributed by atoms with van der Waals surface area (Å²) in [4.78, 5) is 0. The van der Waals surface area contributed by atoms with Gasteiger partial charge in [0, 0.05) is 21.5 Å². The van der Waals surface area contributed by atoms with Crippen molar-refractivity contribution in [3.05, 3.63) is 63.7 Å². The van der Waals surface area contributed by atoms with E-state index in [1.807, 2.05) is 0 Å². The van der Waals surface area contributed by atoms with Crippen molar-refractivity contribution >= 4 is 38.1 Å². The van der Waals surface area contributed by atoms with Gasteiger partial charge in [0.05, 0.1) is 39.8 Å². The molecule has 2 heterocycles. The Balaban J connectivity index is 1.80. The van der Waals surface area contributed by atoms with Crippen LogP contribution >= 0.6 is 0 Å². The van der Waals surface area contributed by atoms with Crippen LogP contribution in [0.4, 0.5) is 0 Å². The molecular formula is C36H37N3. The summed E-state index contributed by atoms with van der Waals surface area (Å²) >= 11 is 0. The Morgan fingerprint density at radius 2 is 0.949 bits per heavy atom. The molecule has 3 heteroatoms. The number of hydrogen-bond donors (Lipinski definition) is 0. The zero-order valence-electron chi connectivity index (χ0n) is 24.6. The third-order valence-electron chi connectivity index (χ3n) is 10.6. The van der Waals surface area contributed by atoms with E-state index in [0.29, 0.717) is 0 Å². The highest BCUT2D eigenvalue weighted by Crippen LogP contribution is 2.55. The molecule has 0 N–H and O–H groups in total. The van der Waals surface area contributed by atoms with E-state index in [2.05, 4.69) is 102 Å². The topological polar surface area (TPSA) is 52.0 Å². The Bertz CT molecular complexity index is 1840. The minimum atomic E-state index is -0.0547. The second-order valence-corrected chi connectivity index (χ2v) is 14.9. The standard InChI is InChI=1S/C36H37N3/c1-33(2)12-14-35(5,6)30-26-22-10-9-11-23-27-25(39(32(22)23)24(26)16-20(18-37)28(30)33)17-21(19-38)29-31(27)36(7,8)15-13-34(29,3)4/h9-11,16-17H,12-15H2,1-8H3. The van der Waals surface area contributed by atoms with Crippen LogP contribution in [0.5, 0.6) is 0 Å². The van der Waals surface area contributed by atoms with Gasteiger partial charge in [0.15, 0.2) is 0 Å². The fourth-order valence-corrected chi connectivity index (χ4v) is 8.48. The summed E-state index contributed by atoms with van der Waals surface area (Å²) in [6.45, 7) is 18.6. The SMILES string of the molecule is CC1(C)CCC(C)(C)c2c1c(C#N)cc1c2c2cccc3c4c5c(c(C#N)cc4n1c23)C(C)(C)CCC5(C)C.